The van der Waals surface area contributed by atoms with Gasteiger partial charge in [-0.3, -0.25) is 0 Å². The van der Waals surface area contributed by atoms with Gasteiger partial charge in [0, 0.05) is 12.8 Å². The minimum absolute atomic E-state index is 0.216. The molecule has 1 spiro atoms. The van der Waals surface area contributed by atoms with Crippen molar-refractivity contribution in [1.82, 2.24) is 0 Å². The number of hydrogen-bond acceptors (Lipinski definition) is 2. The molecule has 0 unspecified atom stereocenters. The van der Waals surface area contributed by atoms with Gasteiger partial charge in [0.05, 0.1) is 12.2 Å². The van der Waals surface area contributed by atoms with Crippen LogP contribution in [-0.2, 0) is 9.47 Å². The van der Waals surface area contributed by atoms with Gasteiger partial charge in [0.1, 0.15) is 0 Å². The maximum atomic E-state index is 6.66. The van der Waals surface area contributed by atoms with E-state index in [0.717, 1.165) is 18.8 Å². The summed E-state index contributed by atoms with van der Waals surface area (Å²) in [5.41, 5.74) is 0.481. The Morgan fingerprint density at radius 2 is 0.812 bits per heavy atom. The van der Waals surface area contributed by atoms with Gasteiger partial charge in [-0.15, -0.1) is 0 Å². The number of allylic oxidation sites excluding steroid dienone is 8. The third-order valence-electron chi connectivity index (χ3n) is 11.5. The molecule has 0 aromatic heterocycles. The second-order valence-corrected chi connectivity index (χ2v) is 16.3. The lowest BCUT2D eigenvalue weighted by molar-refractivity contribution is -0.281. The molecular weight excluding hydrogens is 585 g/mol. The molecule has 48 heavy (non-hydrogen) atoms. The first-order chi connectivity index (χ1) is 23.6. The van der Waals surface area contributed by atoms with E-state index >= 15 is 0 Å². The highest BCUT2D eigenvalue weighted by molar-refractivity contribution is 5.06. The summed E-state index contributed by atoms with van der Waals surface area (Å²) < 4.78 is 13.3. The third kappa shape index (κ3) is 17.2. The van der Waals surface area contributed by atoms with Gasteiger partial charge in [-0.1, -0.05) is 159 Å². The normalized spacial score (nSPS) is 23.1. The van der Waals surface area contributed by atoms with Gasteiger partial charge < -0.3 is 9.47 Å². The Hall–Kier alpha value is -1.12. The van der Waals surface area contributed by atoms with Crippen molar-refractivity contribution in [2.75, 3.05) is 0 Å². The molecule has 3 atom stereocenters. The molecule has 2 heteroatoms. The predicted molar refractivity (Wildman–Crippen MR) is 210 cm³/mol. The van der Waals surface area contributed by atoms with E-state index in [1.54, 1.807) is 0 Å². The Labute approximate surface area is 300 Å². The van der Waals surface area contributed by atoms with Gasteiger partial charge >= 0.3 is 0 Å². The van der Waals surface area contributed by atoms with E-state index in [1.807, 2.05) is 0 Å². The fourth-order valence-electron chi connectivity index (χ4n) is 8.73. The summed E-state index contributed by atoms with van der Waals surface area (Å²) >= 11 is 0. The third-order valence-corrected chi connectivity index (χ3v) is 11.5. The number of hydrogen-bond donors (Lipinski definition) is 0. The molecule has 0 N–H and O–H groups in total. The second-order valence-electron chi connectivity index (χ2n) is 16.3. The summed E-state index contributed by atoms with van der Waals surface area (Å²) in [7, 11) is 0. The van der Waals surface area contributed by atoms with Crippen LogP contribution in [0.25, 0.3) is 0 Å². The number of fused-ring (bicyclic) bond motifs is 1. The van der Waals surface area contributed by atoms with Crippen molar-refractivity contribution in [3.8, 4) is 0 Å². The van der Waals surface area contributed by atoms with Gasteiger partial charge in [0.25, 0.3) is 0 Å². The summed E-state index contributed by atoms with van der Waals surface area (Å²) in [4.78, 5) is 0. The zero-order valence-electron chi connectivity index (χ0n) is 32.4. The highest BCUT2D eigenvalue weighted by Gasteiger charge is 2.62. The molecule has 0 aromatic rings. The summed E-state index contributed by atoms with van der Waals surface area (Å²) in [6, 6.07) is 0. The van der Waals surface area contributed by atoms with Crippen LogP contribution in [0.1, 0.15) is 213 Å². The largest absolute Gasteiger partial charge is 0.344 e. The van der Waals surface area contributed by atoms with Gasteiger partial charge in [0.2, 0.25) is 0 Å². The average molecular weight is 665 g/mol. The van der Waals surface area contributed by atoms with E-state index in [0.29, 0.717) is 17.6 Å². The molecule has 1 saturated heterocycles. The Morgan fingerprint density at radius 3 is 1.21 bits per heavy atom. The first kappa shape index (κ1) is 41.3. The van der Waals surface area contributed by atoms with E-state index < -0.39 is 0 Å². The first-order valence-corrected chi connectivity index (χ1v) is 21.6. The van der Waals surface area contributed by atoms with Crippen LogP contribution in [-0.4, -0.2) is 18.0 Å². The number of rotatable bonds is 30. The molecule has 276 valence electrons. The van der Waals surface area contributed by atoms with Gasteiger partial charge in [-0.05, 0) is 101 Å². The monoisotopic (exact) mass is 665 g/mol. The fraction of sp³-hybridized carbons (Fsp3) is 0.826. The number of unbranched alkanes of at least 4 members (excludes halogenated alkanes) is 18. The molecule has 2 nitrogen and oxygen atoms in total. The van der Waals surface area contributed by atoms with Crippen molar-refractivity contribution >= 4 is 0 Å². The van der Waals surface area contributed by atoms with Crippen LogP contribution in [0.2, 0.25) is 0 Å². The van der Waals surface area contributed by atoms with Crippen LogP contribution in [0.4, 0.5) is 0 Å². The van der Waals surface area contributed by atoms with Crippen LogP contribution >= 0.6 is 0 Å². The molecule has 0 radical (unpaired) electrons. The molecule has 0 amide bonds. The Kier molecular flexibility index (Phi) is 22.2. The van der Waals surface area contributed by atoms with Crippen LogP contribution in [0.5, 0.6) is 0 Å². The quantitative estimate of drug-likeness (QED) is 0.0562. The molecule has 0 aromatic carbocycles. The lowest BCUT2D eigenvalue weighted by Crippen LogP contribution is -2.53. The Morgan fingerprint density at radius 1 is 0.458 bits per heavy atom. The van der Waals surface area contributed by atoms with Crippen molar-refractivity contribution < 1.29 is 9.47 Å². The standard InChI is InChI=1S/C46H80O2/c1-4-6-8-10-12-14-16-18-20-22-24-26-28-30-32-34-36-45(40-46(41-45)47-43-38-42(3)39-44(43)48-46)37-35-33-31-29-27-25-23-21-19-17-15-13-11-9-7-5-2/h12-15,18-21,42-44H,4-11,16-17,22-41H2,1-3H3/b14-12-,15-13-,20-18-,21-19-/t42-,43+,44-. The smallest absolute Gasteiger partial charge is 0.170 e. The van der Waals surface area contributed by atoms with Crippen molar-refractivity contribution in [3.63, 3.8) is 0 Å². The molecule has 3 aliphatic rings. The molecule has 1 aliphatic heterocycles. The summed E-state index contributed by atoms with van der Waals surface area (Å²) in [5, 5.41) is 0. The highest BCUT2D eigenvalue weighted by Crippen LogP contribution is 2.61. The van der Waals surface area contributed by atoms with Gasteiger partial charge in [0.15, 0.2) is 5.79 Å². The van der Waals surface area contributed by atoms with Crippen LogP contribution in [0.15, 0.2) is 48.6 Å². The van der Waals surface area contributed by atoms with E-state index in [2.05, 4.69) is 69.4 Å². The summed E-state index contributed by atoms with van der Waals surface area (Å²) in [6.07, 6.45) is 59.2. The zero-order chi connectivity index (χ0) is 34.0. The number of ether oxygens (including phenoxy) is 2. The lowest BCUT2D eigenvalue weighted by atomic mass is 9.59. The van der Waals surface area contributed by atoms with Gasteiger partial charge in [-0.2, -0.15) is 0 Å². The molecule has 1 heterocycles. The first-order valence-electron chi connectivity index (χ1n) is 21.6. The van der Waals surface area contributed by atoms with Crippen molar-refractivity contribution in [2.45, 2.75) is 231 Å². The Balaban J connectivity index is 1.22. The SMILES string of the molecule is CCCCC/C=C\C/C=C\CCCCCCCCC1(CCCCCCCC/C=C\C/C=C\CCCCC)CC2(C1)O[C@H]1C[C@@H](C)C[C@H]1O2. The lowest BCUT2D eigenvalue weighted by Gasteiger charge is -2.54. The minimum Gasteiger partial charge on any atom is -0.344 e. The minimum atomic E-state index is -0.216. The molecule has 2 saturated carbocycles. The molecular formula is C46H80O2. The maximum absolute atomic E-state index is 6.66. The van der Waals surface area contributed by atoms with Crippen molar-refractivity contribution in [1.29, 1.82) is 0 Å². The van der Waals surface area contributed by atoms with E-state index in [-0.39, 0.29) is 5.79 Å². The molecule has 2 aliphatic carbocycles. The van der Waals surface area contributed by atoms with E-state index in [4.69, 9.17) is 9.47 Å². The second kappa shape index (κ2) is 25.8. The van der Waals surface area contributed by atoms with Gasteiger partial charge in [-0.25, -0.2) is 0 Å². The average Bonchev–Trinajstić information content (AvgIpc) is 3.58. The molecule has 3 rings (SSSR count). The van der Waals surface area contributed by atoms with Crippen LogP contribution in [0, 0.1) is 11.3 Å². The van der Waals surface area contributed by atoms with E-state index in [1.165, 1.54) is 180 Å². The molecule has 0 bridgehead atoms. The topological polar surface area (TPSA) is 18.5 Å². The zero-order valence-corrected chi connectivity index (χ0v) is 32.4. The molecule has 3 fully saturated rings. The fourth-order valence-corrected chi connectivity index (χ4v) is 8.73. The highest BCUT2D eigenvalue weighted by atomic mass is 16.8. The van der Waals surface area contributed by atoms with Crippen molar-refractivity contribution in [3.05, 3.63) is 48.6 Å². The summed E-state index contributed by atoms with van der Waals surface area (Å²) in [5.74, 6) is 0.547. The Bertz CT molecular complexity index is 824. The van der Waals surface area contributed by atoms with Crippen LogP contribution < -0.4 is 0 Å². The predicted octanol–water partition coefficient (Wildman–Crippen LogP) is 15.1. The van der Waals surface area contributed by atoms with Crippen molar-refractivity contribution in [2.24, 2.45) is 11.3 Å². The van der Waals surface area contributed by atoms with Crippen LogP contribution in [0.3, 0.4) is 0 Å². The maximum Gasteiger partial charge on any atom is 0.170 e. The summed E-state index contributed by atoms with van der Waals surface area (Å²) in [6.45, 7) is 6.91. The van der Waals surface area contributed by atoms with E-state index in [9.17, 15) is 0 Å².